The summed E-state index contributed by atoms with van der Waals surface area (Å²) in [6.45, 7) is 7.30. The largest absolute Gasteiger partial charge is 0.361 e. The minimum absolute atomic E-state index is 0.0417. The Bertz CT molecular complexity index is 1550. The van der Waals surface area contributed by atoms with Gasteiger partial charge in [0.15, 0.2) is 0 Å². The second-order valence-electron chi connectivity index (χ2n) is 12.5. The van der Waals surface area contributed by atoms with Gasteiger partial charge in [0.05, 0.1) is 0 Å². The van der Waals surface area contributed by atoms with Crippen LogP contribution in [0.5, 0.6) is 0 Å². The van der Waals surface area contributed by atoms with Gasteiger partial charge < -0.3 is 31.2 Å². The number of nitrogens with one attached hydrogen (secondary N) is 5. The molecule has 2 aliphatic heterocycles. The van der Waals surface area contributed by atoms with E-state index in [9.17, 15) is 36.9 Å². The van der Waals surface area contributed by atoms with Crippen LogP contribution in [0.4, 0.5) is 0 Å². The standard InChI is InChI=1S/C30H42N6O8S/c1-16(2)12-21-26(37)32-22(13-18-14-31-20-9-6-5-8-19(18)20)27(38)34-23(15-45(42,43)44)30(41)36-11-7-10-24(36)28(39)35-25(17(3)4)29(40)33-21/h5-6,8-9,14,16-17,21-25,31H,7,10-13,15H2,1-4H3,(H,32,37)(H,33,40)(H,34,38)(H,35,39)(H,42,43,44)/t21-,22+,23-,24-,25+/m0/s1. The molecule has 2 fully saturated rings. The zero-order chi connectivity index (χ0) is 33.1. The summed E-state index contributed by atoms with van der Waals surface area (Å²) in [5.74, 6) is -5.20. The van der Waals surface area contributed by atoms with Crippen LogP contribution in [0.1, 0.15) is 52.5 Å². The number of benzene rings is 1. The van der Waals surface area contributed by atoms with Gasteiger partial charge in [-0.15, -0.1) is 0 Å². The molecule has 5 amide bonds. The highest BCUT2D eigenvalue weighted by Crippen LogP contribution is 2.22. The van der Waals surface area contributed by atoms with Crippen LogP contribution in [0, 0.1) is 11.8 Å². The van der Waals surface area contributed by atoms with Crippen molar-refractivity contribution in [3.8, 4) is 0 Å². The maximum absolute atomic E-state index is 13.8. The summed E-state index contributed by atoms with van der Waals surface area (Å²) in [6.07, 6.45) is 2.53. The maximum Gasteiger partial charge on any atom is 0.267 e. The lowest BCUT2D eigenvalue weighted by Gasteiger charge is -2.30. The number of carbonyl (C=O) groups excluding carboxylic acids is 5. The fourth-order valence-electron chi connectivity index (χ4n) is 5.91. The number of para-hydroxylation sites is 1. The van der Waals surface area contributed by atoms with Gasteiger partial charge in [0, 0.05) is 30.1 Å². The van der Waals surface area contributed by atoms with Crippen LogP contribution in [0.25, 0.3) is 10.9 Å². The molecule has 0 unspecified atom stereocenters. The molecule has 4 rings (SSSR count). The van der Waals surface area contributed by atoms with Crippen LogP contribution >= 0.6 is 0 Å². The lowest BCUT2D eigenvalue weighted by molar-refractivity contribution is -0.142. The van der Waals surface area contributed by atoms with Crippen molar-refractivity contribution in [3.05, 3.63) is 36.0 Å². The van der Waals surface area contributed by atoms with E-state index in [0.717, 1.165) is 15.8 Å². The van der Waals surface area contributed by atoms with Crippen molar-refractivity contribution in [1.82, 2.24) is 31.2 Å². The first-order valence-electron chi connectivity index (χ1n) is 15.2. The van der Waals surface area contributed by atoms with E-state index in [2.05, 4.69) is 26.3 Å². The highest BCUT2D eigenvalue weighted by Gasteiger charge is 2.42. The lowest BCUT2D eigenvalue weighted by Crippen LogP contribution is -2.59. The Morgan fingerprint density at radius 2 is 1.51 bits per heavy atom. The van der Waals surface area contributed by atoms with Crippen molar-refractivity contribution >= 4 is 50.6 Å². The number of fused-ring (bicyclic) bond motifs is 2. The molecule has 0 aliphatic carbocycles. The highest BCUT2D eigenvalue weighted by molar-refractivity contribution is 7.85. The molecule has 0 bridgehead atoms. The first-order valence-corrected chi connectivity index (χ1v) is 16.8. The highest BCUT2D eigenvalue weighted by atomic mass is 32.2. The lowest BCUT2D eigenvalue weighted by atomic mass is 9.98. The maximum atomic E-state index is 13.8. The predicted octanol–water partition coefficient (Wildman–Crippen LogP) is 0.244. The number of aromatic nitrogens is 1. The van der Waals surface area contributed by atoms with E-state index in [1.807, 2.05) is 38.1 Å². The molecule has 1 aromatic carbocycles. The van der Waals surface area contributed by atoms with Gasteiger partial charge in [-0.1, -0.05) is 45.9 Å². The molecule has 1 aromatic heterocycles. The van der Waals surface area contributed by atoms with Crippen molar-refractivity contribution in [2.24, 2.45) is 11.8 Å². The topological polar surface area (TPSA) is 207 Å². The van der Waals surface area contributed by atoms with Gasteiger partial charge in [-0.3, -0.25) is 28.5 Å². The van der Waals surface area contributed by atoms with Gasteiger partial charge in [0.2, 0.25) is 29.5 Å². The molecule has 2 saturated heterocycles. The molecule has 0 radical (unpaired) electrons. The monoisotopic (exact) mass is 646 g/mol. The summed E-state index contributed by atoms with van der Waals surface area (Å²) in [4.78, 5) is 72.6. The van der Waals surface area contributed by atoms with Crippen molar-refractivity contribution in [2.45, 2.75) is 83.6 Å². The Hall–Kier alpha value is -3.98. The van der Waals surface area contributed by atoms with Gasteiger partial charge >= 0.3 is 0 Å². The summed E-state index contributed by atoms with van der Waals surface area (Å²) in [5.41, 5.74) is 1.46. The number of hydrogen-bond donors (Lipinski definition) is 6. The van der Waals surface area contributed by atoms with Crippen LogP contribution in [-0.2, 0) is 40.5 Å². The third-order valence-corrected chi connectivity index (χ3v) is 8.90. The Labute approximate surface area is 262 Å². The predicted molar refractivity (Wildman–Crippen MR) is 165 cm³/mol. The molecule has 15 heteroatoms. The third kappa shape index (κ3) is 8.39. The Morgan fingerprint density at radius 3 is 2.18 bits per heavy atom. The molecule has 2 aromatic rings. The van der Waals surface area contributed by atoms with E-state index >= 15 is 0 Å². The molecule has 5 atom stereocenters. The van der Waals surface area contributed by atoms with Crippen LogP contribution < -0.4 is 21.3 Å². The van der Waals surface area contributed by atoms with Gasteiger partial charge in [0.1, 0.15) is 36.0 Å². The quantitative estimate of drug-likeness (QED) is 0.229. The molecular weight excluding hydrogens is 604 g/mol. The first-order chi connectivity index (χ1) is 21.1. The minimum Gasteiger partial charge on any atom is -0.361 e. The number of hydrogen-bond acceptors (Lipinski definition) is 7. The average molecular weight is 647 g/mol. The Morgan fingerprint density at radius 1 is 0.867 bits per heavy atom. The zero-order valence-corrected chi connectivity index (χ0v) is 26.6. The number of amides is 5. The van der Waals surface area contributed by atoms with E-state index in [0.29, 0.717) is 12.0 Å². The number of aromatic amines is 1. The van der Waals surface area contributed by atoms with Gasteiger partial charge in [0.25, 0.3) is 10.1 Å². The Balaban J connectivity index is 1.78. The van der Waals surface area contributed by atoms with E-state index in [-0.39, 0.29) is 37.6 Å². The summed E-state index contributed by atoms with van der Waals surface area (Å²) in [6, 6.07) is 1.12. The molecule has 0 saturated carbocycles. The van der Waals surface area contributed by atoms with E-state index < -0.39 is 75.6 Å². The van der Waals surface area contributed by atoms with E-state index in [1.54, 1.807) is 20.0 Å². The molecule has 2 aliphatic rings. The smallest absolute Gasteiger partial charge is 0.267 e. The summed E-state index contributed by atoms with van der Waals surface area (Å²) in [5, 5.41) is 11.4. The average Bonchev–Trinajstić information content (AvgIpc) is 3.60. The van der Waals surface area contributed by atoms with Gasteiger partial charge in [-0.05, 0) is 42.7 Å². The summed E-state index contributed by atoms with van der Waals surface area (Å²) >= 11 is 0. The number of nitrogens with zero attached hydrogens (tertiary/aromatic N) is 1. The summed E-state index contributed by atoms with van der Waals surface area (Å²) in [7, 11) is -4.77. The van der Waals surface area contributed by atoms with Crippen molar-refractivity contribution in [2.75, 3.05) is 12.3 Å². The van der Waals surface area contributed by atoms with Crippen LogP contribution in [0.15, 0.2) is 30.5 Å². The molecule has 6 N–H and O–H groups in total. The van der Waals surface area contributed by atoms with E-state index in [4.69, 9.17) is 0 Å². The second kappa shape index (κ2) is 14.0. The number of carbonyl (C=O) groups is 5. The fourth-order valence-corrected chi connectivity index (χ4v) is 6.56. The van der Waals surface area contributed by atoms with Gasteiger partial charge in [-0.25, -0.2) is 0 Å². The van der Waals surface area contributed by atoms with Crippen molar-refractivity contribution < 1.29 is 36.9 Å². The van der Waals surface area contributed by atoms with Crippen LogP contribution in [0.2, 0.25) is 0 Å². The van der Waals surface area contributed by atoms with Crippen molar-refractivity contribution in [1.29, 1.82) is 0 Å². The number of H-pyrrole nitrogens is 1. The SMILES string of the molecule is CC(C)C[C@@H]1NC(=O)[C@@H](C(C)C)NC(=O)[C@@H]2CCCN2C(=O)[C@H](CS(=O)(=O)O)NC(=O)[C@@H](Cc2c[nH]c3ccccc23)NC1=O. The molecule has 14 nitrogen and oxygen atoms in total. The van der Waals surface area contributed by atoms with Gasteiger partial charge in [-0.2, -0.15) is 8.42 Å². The minimum atomic E-state index is -4.77. The molecule has 246 valence electrons. The third-order valence-electron chi connectivity index (χ3n) is 8.15. The second-order valence-corrected chi connectivity index (χ2v) is 14.0. The van der Waals surface area contributed by atoms with Crippen LogP contribution in [0.3, 0.4) is 0 Å². The van der Waals surface area contributed by atoms with Crippen molar-refractivity contribution in [3.63, 3.8) is 0 Å². The van der Waals surface area contributed by atoms with E-state index in [1.165, 1.54) is 0 Å². The molecule has 0 spiro atoms. The first kappa shape index (κ1) is 33.9. The fraction of sp³-hybridized carbons (Fsp3) is 0.567. The molecular formula is C30H42N6O8S. The molecule has 45 heavy (non-hydrogen) atoms. The van der Waals surface area contributed by atoms with Crippen LogP contribution in [-0.4, -0.2) is 94.9 Å². The molecule has 3 heterocycles. The summed E-state index contributed by atoms with van der Waals surface area (Å²) < 4.78 is 33.7. The number of rotatable bonds is 7. The normalized spacial score (nSPS) is 25.8. The Kier molecular flexibility index (Phi) is 10.5. The zero-order valence-electron chi connectivity index (χ0n) is 25.8.